The van der Waals surface area contributed by atoms with Crippen LogP contribution < -0.4 is 4.90 Å². The van der Waals surface area contributed by atoms with Crippen molar-refractivity contribution >= 4 is 37.2 Å². The molecule has 170 valence electrons. The Morgan fingerprint density at radius 1 is 0.938 bits per heavy atom. The van der Waals surface area contributed by atoms with Crippen LogP contribution in [-0.2, 0) is 0 Å². The maximum atomic E-state index is 3.23. The molecule has 0 unspecified atom stereocenters. The highest BCUT2D eigenvalue weighted by atomic mass is 32.1. The number of benzene rings is 2. The highest BCUT2D eigenvalue weighted by Crippen LogP contribution is 2.47. The lowest BCUT2D eigenvalue weighted by Gasteiger charge is -2.33. The second-order valence-electron chi connectivity index (χ2n) is 9.43. The van der Waals surface area contributed by atoms with Gasteiger partial charge in [-0.1, -0.05) is 58.7 Å². The zero-order valence-electron chi connectivity index (χ0n) is 21.0. The third kappa shape index (κ3) is 4.97. The summed E-state index contributed by atoms with van der Waals surface area (Å²) < 4.78 is 2.80. The maximum Gasteiger partial charge on any atom is 0.0786 e. The van der Waals surface area contributed by atoms with Crippen molar-refractivity contribution in [2.75, 3.05) is 18.5 Å². The van der Waals surface area contributed by atoms with Gasteiger partial charge in [-0.15, -0.1) is 17.3 Å². The first-order chi connectivity index (χ1) is 15.3. The number of rotatable bonds is 7. The van der Waals surface area contributed by atoms with Crippen molar-refractivity contribution < 1.29 is 0 Å². The third-order valence-electron chi connectivity index (χ3n) is 5.83. The molecule has 0 N–H and O–H groups in total. The number of hydrogen-bond donors (Lipinski definition) is 0. The summed E-state index contributed by atoms with van der Waals surface area (Å²) in [5.41, 5.74) is 4.28. The molecule has 2 aromatic carbocycles. The molecule has 0 saturated carbocycles. The zero-order chi connectivity index (χ0) is 23.4. The largest absolute Gasteiger partial charge is 0.368 e. The highest BCUT2D eigenvalue weighted by Gasteiger charge is 2.25. The van der Waals surface area contributed by atoms with E-state index in [-0.39, 0.29) is 0 Å². The van der Waals surface area contributed by atoms with Gasteiger partial charge in [0.05, 0.1) is 6.54 Å². The fraction of sp³-hybridized carbons (Fsp3) is 0.448. The summed E-state index contributed by atoms with van der Waals surface area (Å²) in [7, 11) is 2.10. The molecule has 1 aromatic heterocycles. The standard InChI is InChI=1S/C29H38N2S/c1-9-10-13-16-30(8)17-18-31(22(6)7)28-24(20(2)3)19-25-23-14-11-12-15-26(23)32-29(25)27(28)21(4)5/h11-12,14-15,17-22H,9,16H2,1-8H3/b18-17-. The summed E-state index contributed by atoms with van der Waals surface area (Å²) in [6, 6.07) is 11.6. The molecule has 0 atom stereocenters. The Morgan fingerprint density at radius 2 is 1.66 bits per heavy atom. The predicted octanol–water partition coefficient (Wildman–Crippen LogP) is 8.33. The van der Waals surface area contributed by atoms with Gasteiger partial charge in [0.2, 0.25) is 0 Å². The van der Waals surface area contributed by atoms with Crippen LogP contribution in [-0.4, -0.2) is 24.5 Å². The van der Waals surface area contributed by atoms with Crippen LogP contribution >= 0.6 is 11.3 Å². The smallest absolute Gasteiger partial charge is 0.0786 e. The molecule has 0 fully saturated rings. The van der Waals surface area contributed by atoms with Crippen LogP contribution in [0.4, 0.5) is 5.69 Å². The van der Waals surface area contributed by atoms with Crippen molar-refractivity contribution in [3.8, 4) is 11.8 Å². The Morgan fingerprint density at radius 3 is 2.28 bits per heavy atom. The minimum Gasteiger partial charge on any atom is -0.368 e. The fourth-order valence-corrected chi connectivity index (χ4v) is 5.58. The van der Waals surface area contributed by atoms with Crippen LogP contribution in [0.1, 0.15) is 77.8 Å². The van der Waals surface area contributed by atoms with Crippen LogP contribution in [0.5, 0.6) is 0 Å². The second kappa shape index (κ2) is 10.5. The van der Waals surface area contributed by atoms with Gasteiger partial charge in [0.15, 0.2) is 0 Å². The Balaban J connectivity index is 2.24. The Hall–Kier alpha value is -2.44. The van der Waals surface area contributed by atoms with E-state index in [9.17, 15) is 0 Å². The van der Waals surface area contributed by atoms with Gasteiger partial charge in [0.1, 0.15) is 0 Å². The van der Waals surface area contributed by atoms with Crippen molar-refractivity contribution in [3.05, 3.63) is 53.9 Å². The van der Waals surface area contributed by atoms with Gasteiger partial charge in [-0.3, -0.25) is 0 Å². The molecule has 0 amide bonds. The molecule has 0 bridgehead atoms. The van der Waals surface area contributed by atoms with Gasteiger partial charge < -0.3 is 9.80 Å². The first-order valence-electron chi connectivity index (χ1n) is 11.9. The lowest BCUT2D eigenvalue weighted by Crippen LogP contribution is -2.28. The van der Waals surface area contributed by atoms with E-state index in [4.69, 9.17) is 0 Å². The predicted molar refractivity (Wildman–Crippen MR) is 145 cm³/mol. The van der Waals surface area contributed by atoms with Gasteiger partial charge in [-0.05, 0) is 48.9 Å². The van der Waals surface area contributed by atoms with Crippen LogP contribution in [0.2, 0.25) is 0 Å². The molecule has 3 aromatic rings. The summed E-state index contributed by atoms with van der Waals surface area (Å²) in [6.07, 6.45) is 5.33. The van der Waals surface area contributed by atoms with E-state index in [2.05, 4.69) is 120 Å². The average Bonchev–Trinajstić information content (AvgIpc) is 3.10. The second-order valence-corrected chi connectivity index (χ2v) is 10.5. The van der Waals surface area contributed by atoms with Gasteiger partial charge in [0, 0.05) is 57.8 Å². The monoisotopic (exact) mass is 446 g/mol. The summed E-state index contributed by atoms with van der Waals surface area (Å²) in [5.74, 6) is 7.27. The molecule has 0 spiro atoms. The molecule has 0 aliphatic rings. The highest BCUT2D eigenvalue weighted by molar-refractivity contribution is 7.26. The topological polar surface area (TPSA) is 6.48 Å². The molecule has 3 rings (SSSR count). The molecule has 2 nitrogen and oxygen atoms in total. The lowest BCUT2D eigenvalue weighted by atomic mass is 9.89. The molecule has 1 heterocycles. The molecule has 0 radical (unpaired) electrons. The number of thiophene rings is 1. The van der Waals surface area contributed by atoms with Crippen LogP contribution in [0.15, 0.2) is 42.7 Å². The van der Waals surface area contributed by atoms with E-state index in [1.54, 1.807) is 0 Å². The normalized spacial score (nSPS) is 11.8. The van der Waals surface area contributed by atoms with E-state index in [0.29, 0.717) is 17.9 Å². The van der Waals surface area contributed by atoms with Gasteiger partial charge in [-0.2, -0.15) is 0 Å². The van der Waals surface area contributed by atoms with Crippen LogP contribution in [0, 0.1) is 11.8 Å². The number of nitrogens with zero attached hydrogens (tertiary/aromatic N) is 2. The van der Waals surface area contributed by atoms with Crippen molar-refractivity contribution in [2.45, 2.75) is 72.8 Å². The molecule has 0 aliphatic heterocycles. The van der Waals surface area contributed by atoms with Crippen molar-refractivity contribution in [1.29, 1.82) is 0 Å². The van der Waals surface area contributed by atoms with Gasteiger partial charge in [0.25, 0.3) is 0 Å². The van der Waals surface area contributed by atoms with Crippen molar-refractivity contribution in [3.63, 3.8) is 0 Å². The average molecular weight is 447 g/mol. The summed E-state index contributed by atoms with van der Waals surface area (Å²) in [6.45, 7) is 16.7. The summed E-state index contributed by atoms with van der Waals surface area (Å²) in [4.78, 5) is 4.64. The minimum atomic E-state index is 0.350. The number of hydrogen-bond acceptors (Lipinski definition) is 3. The van der Waals surface area contributed by atoms with Gasteiger partial charge >= 0.3 is 0 Å². The van der Waals surface area contributed by atoms with Crippen molar-refractivity contribution in [1.82, 2.24) is 4.90 Å². The summed E-state index contributed by atoms with van der Waals surface area (Å²) >= 11 is 1.94. The molecule has 32 heavy (non-hydrogen) atoms. The minimum absolute atomic E-state index is 0.350. The van der Waals surface area contributed by atoms with Gasteiger partial charge in [-0.25, -0.2) is 0 Å². The first-order valence-corrected chi connectivity index (χ1v) is 12.7. The first kappa shape index (κ1) is 24.2. The quantitative estimate of drug-likeness (QED) is 0.337. The maximum absolute atomic E-state index is 3.23. The van der Waals surface area contributed by atoms with Crippen LogP contribution in [0.25, 0.3) is 20.2 Å². The van der Waals surface area contributed by atoms with E-state index in [1.165, 1.54) is 37.0 Å². The van der Waals surface area contributed by atoms with E-state index < -0.39 is 0 Å². The fourth-order valence-electron chi connectivity index (χ4n) is 4.21. The number of anilines is 1. The molecule has 0 aliphatic carbocycles. The third-order valence-corrected chi connectivity index (χ3v) is 7.05. The van der Waals surface area contributed by atoms with E-state index in [0.717, 1.165) is 13.0 Å². The Labute approximate surface area is 198 Å². The zero-order valence-corrected chi connectivity index (χ0v) is 21.8. The Bertz CT molecular complexity index is 1150. The lowest BCUT2D eigenvalue weighted by molar-refractivity contribution is 0.514. The molecular weight excluding hydrogens is 408 g/mol. The van der Waals surface area contributed by atoms with E-state index in [1.807, 2.05) is 11.3 Å². The molecular formula is C29H38N2S. The molecule has 0 saturated heterocycles. The Kier molecular flexibility index (Phi) is 7.91. The van der Waals surface area contributed by atoms with E-state index >= 15 is 0 Å². The molecule has 3 heteroatoms. The summed E-state index contributed by atoms with van der Waals surface area (Å²) in [5, 5.41) is 2.78. The van der Waals surface area contributed by atoms with Crippen molar-refractivity contribution in [2.24, 2.45) is 0 Å². The number of fused-ring (bicyclic) bond motifs is 3. The SMILES string of the molecule is CCC#CCN(C)/C=C\N(c1c(C(C)C)cc2c(sc3ccccc32)c1C(C)C)C(C)C. The van der Waals surface area contributed by atoms with Crippen LogP contribution in [0.3, 0.4) is 0 Å².